The molecular formula is C9H20N2O4. The fourth-order valence-corrected chi connectivity index (χ4v) is 0.819. The smallest absolute Gasteiger partial charge is 0.404 e. The highest BCUT2D eigenvalue weighted by atomic mass is 16.5. The Labute approximate surface area is 89.8 Å². The van der Waals surface area contributed by atoms with E-state index in [0.717, 1.165) is 0 Å². The summed E-state index contributed by atoms with van der Waals surface area (Å²) in [4.78, 5) is 10.1. The molecule has 90 valence electrons. The van der Waals surface area contributed by atoms with E-state index in [-0.39, 0.29) is 12.1 Å². The molecule has 0 aromatic carbocycles. The average Bonchev–Trinajstić information content (AvgIpc) is 2.08. The second-order valence-electron chi connectivity index (χ2n) is 4.14. The van der Waals surface area contributed by atoms with Gasteiger partial charge in [-0.1, -0.05) is 0 Å². The number of hydrogen-bond donors (Lipinski definition) is 3. The molecule has 0 saturated heterocycles. The predicted octanol–water partition coefficient (Wildman–Crippen LogP) is 0.760. The van der Waals surface area contributed by atoms with E-state index in [1.165, 1.54) is 5.06 Å². The molecule has 6 heteroatoms. The predicted molar refractivity (Wildman–Crippen MR) is 55.1 cm³/mol. The van der Waals surface area contributed by atoms with Crippen molar-refractivity contribution in [3.05, 3.63) is 0 Å². The third-order valence-corrected chi connectivity index (χ3v) is 1.74. The first-order chi connectivity index (χ1) is 6.84. The van der Waals surface area contributed by atoms with Crippen molar-refractivity contribution in [3.8, 4) is 0 Å². The van der Waals surface area contributed by atoms with Gasteiger partial charge in [-0.15, -0.1) is 0 Å². The van der Waals surface area contributed by atoms with E-state index in [2.05, 4.69) is 5.32 Å². The highest BCUT2D eigenvalue weighted by Crippen LogP contribution is 2.08. The van der Waals surface area contributed by atoms with Crippen LogP contribution in [-0.4, -0.2) is 53.3 Å². The van der Waals surface area contributed by atoms with Gasteiger partial charge in [-0.25, -0.2) is 4.79 Å². The second-order valence-corrected chi connectivity index (χ2v) is 4.14. The van der Waals surface area contributed by atoms with Gasteiger partial charge in [-0.2, -0.15) is 5.06 Å². The van der Waals surface area contributed by atoms with Crippen molar-refractivity contribution in [2.45, 2.75) is 26.3 Å². The quantitative estimate of drug-likeness (QED) is 0.455. The fourth-order valence-electron chi connectivity index (χ4n) is 0.819. The molecule has 1 amide bonds. The van der Waals surface area contributed by atoms with E-state index in [4.69, 9.17) is 9.84 Å². The molecule has 0 aliphatic heterocycles. The van der Waals surface area contributed by atoms with Gasteiger partial charge in [-0.3, -0.25) is 0 Å². The minimum absolute atomic E-state index is 0.260. The molecule has 0 aromatic heterocycles. The molecule has 0 heterocycles. The molecule has 0 fully saturated rings. The van der Waals surface area contributed by atoms with Crippen molar-refractivity contribution in [2.75, 3.05) is 26.3 Å². The summed E-state index contributed by atoms with van der Waals surface area (Å²) in [6, 6.07) is 0. The molecule has 6 nitrogen and oxygen atoms in total. The number of rotatable bonds is 6. The third-order valence-electron chi connectivity index (χ3n) is 1.74. The van der Waals surface area contributed by atoms with Crippen molar-refractivity contribution in [1.82, 2.24) is 10.4 Å². The van der Waals surface area contributed by atoms with Crippen molar-refractivity contribution in [3.63, 3.8) is 0 Å². The van der Waals surface area contributed by atoms with Crippen LogP contribution < -0.4 is 5.32 Å². The van der Waals surface area contributed by atoms with Crippen LogP contribution in [0.2, 0.25) is 0 Å². The number of ether oxygens (including phenoxy) is 1. The van der Waals surface area contributed by atoms with E-state index in [1.54, 1.807) is 0 Å². The number of amides is 1. The highest BCUT2D eigenvalue weighted by molar-refractivity contribution is 5.64. The zero-order valence-electron chi connectivity index (χ0n) is 9.49. The van der Waals surface area contributed by atoms with Crippen LogP contribution in [-0.2, 0) is 4.74 Å². The molecule has 0 unspecified atom stereocenters. The second kappa shape index (κ2) is 6.60. The molecular weight excluding hydrogens is 200 g/mol. The monoisotopic (exact) mass is 220 g/mol. The van der Waals surface area contributed by atoms with Crippen molar-refractivity contribution in [2.24, 2.45) is 0 Å². The van der Waals surface area contributed by atoms with Gasteiger partial charge in [-0.05, 0) is 20.8 Å². The van der Waals surface area contributed by atoms with Gasteiger partial charge in [0.05, 0.1) is 13.2 Å². The van der Waals surface area contributed by atoms with E-state index in [0.29, 0.717) is 19.8 Å². The van der Waals surface area contributed by atoms with Crippen LogP contribution >= 0.6 is 0 Å². The molecule has 0 saturated carbocycles. The molecule has 0 radical (unpaired) electrons. The van der Waals surface area contributed by atoms with E-state index < -0.39 is 6.09 Å². The number of carboxylic acid groups (broad SMARTS) is 1. The number of carbonyl (C=O) groups is 1. The molecule has 0 rings (SSSR count). The van der Waals surface area contributed by atoms with Gasteiger partial charge in [0.15, 0.2) is 0 Å². The lowest BCUT2D eigenvalue weighted by Crippen LogP contribution is -2.40. The largest absolute Gasteiger partial charge is 0.465 e. The van der Waals surface area contributed by atoms with Crippen molar-refractivity contribution >= 4 is 6.09 Å². The summed E-state index contributed by atoms with van der Waals surface area (Å²) in [5.74, 6) is 0. The maximum Gasteiger partial charge on any atom is 0.404 e. The highest BCUT2D eigenvalue weighted by Gasteiger charge is 2.18. The lowest BCUT2D eigenvalue weighted by molar-refractivity contribution is -0.164. The Morgan fingerprint density at radius 3 is 2.47 bits per heavy atom. The zero-order chi connectivity index (χ0) is 11.9. The van der Waals surface area contributed by atoms with E-state index in [1.807, 2.05) is 20.8 Å². The first-order valence-electron chi connectivity index (χ1n) is 4.85. The number of hydroxylamine groups is 2. The SMILES string of the molecule is CC(C)(C)N(O)CCOCCNC(=O)O. The fraction of sp³-hybridized carbons (Fsp3) is 0.889. The Kier molecular flexibility index (Phi) is 6.23. The molecule has 0 aliphatic rings. The van der Waals surface area contributed by atoms with Crippen LogP contribution in [0.5, 0.6) is 0 Å². The first-order valence-corrected chi connectivity index (χ1v) is 4.85. The van der Waals surface area contributed by atoms with E-state index in [9.17, 15) is 10.0 Å². The van der Waals surface area contributed by atoms with Crippen molar-refractivity contribution < 1.29 is 19.8 Å². The number of nitrogens with one attached hydrogen (secondary N) is 1. The van der Waals surface area contributed by atoms with Crippen LogP contribution in [0.15, 0.2) is 0 Å². The van der Waals surface area contributed by atoms with Crippen LogP contribution in [0.4, 0.5) is 4.79 Å². The molecule has 0 spiro atoms. The Morgan fingerprint density at radius 2 is 2.00 bits per heavy atom. The third kappa shape index (κ3) is 8.17. The van der Waals surface area contributed by atoms with Crippen LogP contribution in [0.1, 0.15) is 20.8 Å². The number of hydrogen-bond acceptors (Lipinski definition) is 4. The Hall–Kier alpha value is -0.850. The Balaban J connectivity index is 3.35. The normalized spacial score (nSPS) is 11.8. The number of nitrogens with zero attached hydrogens (tertiary/aromatic N) is 1. The molecule has 3 N–H and O–H groups in total. The summed E-state index contributed by atoms with van der Waals surface area (Å²) in [5.41, 5.74) is -0.303. The van der Waals surface area contributed by atoms with Gasteiger partial charge in [0.1, 0.15) is 0 Å². The van der Waals surface area contributed by atoms with Gasteiger partial charge in [0.2, 0.25) is 0 Å². The topological polar surface area (TPSA) is 82.0 Å². The van der Waals surface area contributed by atoms with Gasteiger partial charge in [0, 0.05) is 18.6 Å². The lowest BCUT2D eigenvalue weighted by Gasteiger charge is -2.29. The van der Waals surface area contributed by atoms with Crippen molar-refractivity contribution in [1.29, 1.82) is 0 Å². The molecule has 0 aliphatic carbocycles. The zero-order valence-corrected chi connectivity index (χ0v) is 9.49. The summed E-state index contributed by atoms with van der Waals surface area (Å²) < 4.78 is 5.12. The van der Waals surface area contributed by atoms with Crippen LogP contribution in [0.3, 0.4) is 0 Å². The van der Waals surface area contributed by atoms with Gasteiger partial charge in [0.25, 0.3) is 0 Å². The van der Waals surface area contributed by atoms with Crippen LogP contribution in [0, 0.1) is 0 Å². The van der Waals surface area contributed by atoms with Gasteiger partial charge >= 0.3 is 6.09 Å². The minimum atomic E-state index is -1.06. The Morgan fingerprint density at radius 1 is 1.40 bits per heavy atom. The summed E-state index contributed by atoms with van der Waals surface area (Å²) in [6.07, 6.45) is -1.06. The maximum atomic E-state index is 10.1. The summed E-state index contributed by atoms with van der Waals surface area (Å²) in [7, 11) is 0. The summed E-state index contributed by atoms with van der Waals surface area (Å²) in [6.45, 7) is 7.00. The summed E-state index contributed by atoms with van der Waals surface area (Å²) in [5, 5.41) is 21.1. The molecule has 0 aromatic rings. The summed E-state index contributed by atoms with van der Waals surface area (Å²) >= 11 is 0. The Bertz CT molecular complexity index is 191. The maximum absolute atomic E-state index is 10.1. The lowest BCUT2D eigenvalue weighted by atomic mass is 10.1. The average molecular weight is 220 g/mol. The van der Waals surface area contributed by atoms with Gasteiger partial charge < -0.3 is 20.4 Å². The molecule has 0 bridgehead atoms. The standard InChI is InChI=1S/C9H20N2O4/c1-9(2,3)11(14)5-7-15-6-4-10-8(12)13/h10,14H,4-7H2,1-3H3,(H,12,13). The molecule has 15 heavy (non-hydrogen) atoms. The minimum Gasteiger partial charge on any atom is -0.465 e. The van der Waals surface area contributed by atoms with E-state index >= 15 is 0 Å². The first kappa shape index (κ1) is 14.2. The molecule has 0 atom stereocenters. The van der Waals surface area contributed by atoms with Crippen LogP contribution in [0.25, 0.3) is 0 Å².